The van der Waals surface area contributed by atoms with Gasteiger partial charge in [0.1, 0.15) is 11.9 Å². The third-order valence-electron chi connectivity index (χ3n) is 3.03. The van der Waals surface area contributed by atoms with Gasteiger partial charge < -0.3 is 10.1 Å². The third-order valence-corrected chi connectivity index (χ3v) is 3.03. The van der Waals surface area contributed by atoms with Gasteiger partial charge in [0.15, 0.2) is 0 Å². The maximum Gasteiger partial charge on any atom is 0.140 e. The van der Waals surface area contributed by atoms with Crippen molar-refractivity contribution in [2.24, 2.45) is 5.92 Å². The molecule has 0 bridgehead atoms. The molecule has 0 spiro atoms. The smallest absolute Gasteiger partial charge is 0.140 e. The van der Waals surface area contributed by atoms with Crippen molar-refractivity contribution < 1.29 is 9.13 Å². The summed E-state index contributed by atoms with van der Waals surface area (Å²) in [6, 6.07) is 6.71. The van der Waals surface area contributed by atoms with Gasteiger partial charge in [0.2, 0.25) is 0 Å². The van der Waals surface area contributed by atoms with Crippen LogP contribution >= 0.6 is 0 Å². The Hall–Kier alpha value is -1.44. The first-order chi connectivity index (χ1) is 9.08. The van der Waals surface area contributed by atoms with Crippen molar-refractivity contribution in [3.63, 3.8) is 0 Å². The van der Waals surface area contributed by atoms with Crippen LogP contribution in [-0.2, 0) is 11.3 Å². The van der Waals surface area contributed by atoms with Gasteiger partial charge in [-0.05, 0) is 30.5 Å². The Morgan fingerprint density at radius 3 is 2.74 bits per heavy atom. The van der Waals surface area contributed by atoms with Crippen molar-refractivity contribution in [1.82, 2.24) is 5.32 Å². The van der Waals surface area contributed by atoms with Crippen LogP contribution in [0.5, 0.6) is 0 Å². The summed E-state index contributed by atoms with van der Waals surface area (Å²) in [6.07, 6.45) is 0. The van der Waals surface area contributed by atoms with Crippen LogP contribution in [0.2, 0.25) is 0 Å². The van der Waals surface area contributed by atoms with Crippen LogP contribution in [0.15, 0.2) is 18.2 Å². The van der Waals surface area contributed by atoms with Crippen LogP contribution in [0.3, 0.4) is 0 Å². The molecule has 0 aromatic heterocycles. The summed E-state index contributed by atoms with van der Waals surface area (Å²) in [5, 5.41) is 12.2. The molecule has 0 heterocycles. The van der Waals surface area contributed by atoms with Gasteiger partial charge in [-0.15, -0.1) is 0 Å². The average molecular weight is 264 g/mol. The standard InChI is InChI=1S/C15H21FN2O/c1-4-19-10-15(11(2)3)18-9-12-5-6-14(16)13(7-12)8-17/h5-7,11,15,18H,4,9-10H2,1-3H3. The fraction of sp³-hybridized carbons (Fsp3) is 0.533. The molecular formula is C15H21FN2O. The van der Waals surface area contributed by atoms with Crippen molar-refractivity contribution in [3.05, 3.63) is 35.1 Å². The topological polar surface area (TPSA) is 45.0 Å². The van der Waals surface area contributed by atoms with Crippen molar-refractivity contribution in [3.8, 4) is 6.07 Å². The van der Waals surface area contributed by atoms with E-state index in [1.54, 1.807) is 12.1 Å². The lowest BCUT2D eigenvalue weighted by Gasteiger charge is -2.22. The molecule has 4 heteroatoms. The zero-order chi connectivity index (χ0) is 14.3. The molecule has 1 aromatic rings. The first kappa shape index (κ1) is 15.6. The van der Waals surface area contributed by atoms with Gasteiger partial charge in [0, 0.05) is 19.2 Å². The first-order valence-electron chi connectivity index (χ1n) is 6.58. The van der Waals surface area contributed by atoms with E-state index in [9.17, 15) is 4.39 Å². The zero-order valence-corrected chi connectivity index (χ0v) is 11.7. The Kier molecular flexibility index (Phi) is 6.48. The van der Waals surface area contributed by atoms with Crippen molar-refractivity contribution in [2.75, 3.05) is 13.2 Å². The van der Waals surface area contributed by atoms with Crippen LogP contribution in [-0.4, -0.2) is 19.3 Å². The van der Waals surface area contributed by atoms with Crippen molar-refractivity contribution in [1.29, 1.82) is 5.26 Å². The molecule has 0 saturated heterocycles. The number of ether oxygens (including phenoxy) is 1. The number of hydrogen-bond acceptors (Lipinski definition) is 3. The van der Waals surface area contributed by atoms with E-state index in [1.165, 1.54) is 6.07 Å². The van der Waals surface area contributed by atoms with E-state index in [2.05, 4.69) is 19.2 Å². The van der Waals surface area contributed by atoms with Crippen molar-refractivity contribution >= 4 is 0 Å². The highest BCUT2D eigenvalue weighted by Crippen LogP contribution is 2.10. The SMILES string of the molecule is CCOCC(NCc1ccc(F)c(C#N)c1)C(C)C. The van der Waals surface area contributed by atoms with E-state index >= 15 is 0 Å². The summed E-state index contributed by atoms with van der Waals surface area (Å²) in [4.78, 5) is 0. The maximum absolute atomic E-state index is 13.2. The summed E-state index contributed by atoms with van der Waals surface area (Å²) in [5.74, 6) is -0.0246. The molecule has 19 heavy (non-hydrogen) atoms. The molecule has 0 amide bonds. The lowest BCUT2D eigenvalue weighted by molar-refractivity contribution is 0.108. The fourth-order valence-electron chi connectivity index (χ4n) is 1.75. The molecular weight excluding hydrogens is 243 g/mol. The van der Waals surface area contributed by atoms with Crippen LogP contribution in [0, 0.1) is 23.1 Å². The molecule has 1 aromatic carbocycles. The quantitative estimate of drug-likeness (QED) is 0.823. The maximum atomic E-state index is 13.2. The number of rotatable bonds is 7. The second-order valence-corrected chi connectivity index (χ2v) is 4.82. The minimum Gasteiger partial charge on any atom is -0.380 e. The molecule has 1 unspecified atom stereocenters. The first-order valence-corrected chi connectivity index (χ1v) is 6.58. The van der Waals surface area contributed by atoms with Gasteiger partial charge in [-0.25, -0.2) is 4.39 Å². The number of nitrogens with zero attached hydrogens (tertiary/aromatic N) is 1. The molecule has 0 aliphatic heterocycles. The van der Waals surface area contributed by atoms with E-state index < -0.39 is 5.82 Å². The van der Waals surface area contributed by atoms with Crippen LogP contribution in [0.4, 0.5) is 4.39 Å². The highest BCUT2D eigenvalue weighted by atomic mass is 19.1. The highest BCUT2D eigenvalue weighted by molar-refractivity contribution is 5.34. The molecule has 1 N–H and O–H groups in total. The second-order valence-electron chi connectivity index (χ2n) is 4.82. The van der Waals surface area contributed by atoms with Crippen molar-refractivity contribution in [2.45, 2.75) is 33.4 Å². The second kappa shape index (κ2) is 7.88. The number of halogens is 1. The number of nitrogens with one attached hydrogen (secondary N) is 1. The van der Waals surface area contributed by atoms with Gasteiger partial charge in [-0.3, -0.25) is 0 Å². The summed E-state index contributed by atoms with van der Waals surface area (Å²) >= 11 is 0. The normalized spacial score (nSPS) is 12.4. The summed E-state index contributed by atoms with van der Waals surface area (Å²) in [6.45, 7) is 8.17. The van der Waals surface area contributed by atoms with Gasteiger partial charge in [-0.2, -0.15) is 5.26 Å². The predicted molar refractivity (Wildman–Crippen MR) is 73.1 cm³/mol. The molecule has 0 aliphatic rings. The summed E-state index contributed by atoms with van der Waals surface area (Å²) in [5.41, 5.74) is 0.991. The largest absolute Gasteiger partial charge is 0.380 e. The Bertz CT molecular complexity index is 440. The summed E-state index contributed by atoms with van der Waals surface area (Å²) in [7, 11) is 0. The fourth-order valence-corrected chi connectivity index (χ4v) is 1.75. The monoisotopic (exact) mass is 264 g/mol. The van der Waals surface area contributed by atoms with Crippen LogP contribution < -0.4 is 5.32 Å². The minimum atomic E-state index is -0.471. The van der Waals surface area contributed by atoms with E-state index in [-0.39, 0.29) is 11.6 Å². The Morgan fingerprint density at radius 2 is 2.16 bits per heavy atom. The summed E-state index contributed by atoms with van der Waals surface area (Å²) < 4.78 is 18.6. The molecule has 0 saturated carbocycles. The average Bonchev–Trinajstić information content (AvgIpc) is 2.40. The highest BCUT2D eigenvalue weighted by Gasteiger charge is 2.13. The van der Waals surface area contributed by atoms with Gasteiger partial charge in [-0.1, -0.05) is 19.9 Å². The zero-order valence-electron chi connectivity index (χ0n) is 11.7. The Balaban J connectivity index is 2.61. The minimum absolute atomic E-state index is 0.0882. The van der Waals surface area contributed by atoms with E-state index in [0.29, 0.717) is 25.7 Å². The molecule has 3 nitrogen and oxygen atoms in total. The number of benzene rings is 1. The predicted octanol–water partition coefficient (Wildman–Crippen LogP) is 2.85. The van der Waals surface area contributed by atoms with E-state index in [4.69, 9.17) is 10.00 Å². The van der Waals surface area contributed by atoms with Crippen LogP contribution in [0.1, 0.15) is 31.9 Å². The number of hydrogen-bond donors (Lipinski definition) is 1. The molecule has 104 valence electrons. The number of nitriles is 1. The van der Waals surface area contributed by atoms with Crippen LogP contribution in [0.25, 0.3) is 0 Å². The Morgan fingerprint density at radius 1 is 1.42 bits per heavy atom. The molecule has 1 atom stereocenters. The van der Waals surface area contributed by atoms with Gasteiger partial charge >= 0.3 is 0 Å². The van der Waals surface area contributed by atoms with E-state index in [1.807, 2.05) is 13.0 Å². The van der Waals surface area contributed by atoms with Gasteiger partial charge in [0.05, 0.1) is 12.2 Å². The van der Waals surface area contributed by atoms with Gasteiger partial charge in [0.25, 0.3) is 0 Å². The van der Waals surface area contributed by atoms with E-state index in [0.717, 1.165) is 5.56 Å². The molecule has 0 fully saturated rings. The Labute approximate surface area is 114 Å². The lowest BCUT2D eigenvalue weighted by atomic mass is 10.0. The molecule has 0 aliphatic carbocycles. The lowest BCUT2D eigenvalue weighted by Crippen LogP contribution is -2.37. The third kappa shape index (κ3) is 4.98. The molecule has 1 rings (SSSR count). The molecule has 0 radical (unpaired) electrons.